The van der Waals surface area contributed by atoms with Crippen LogP contribution < -0.4 is 10.1 Å². The van der Waals surface area contributed by atoms with Gasteiger partial charge in [0.1, 0.15) is 12.1 Å². The van der Waals surface area contributed by atoms with E-state index in [4.69, 9.17) is 9.15 Å². The Kier molecular flexibility index (Phi) is 4.08. The first-order valence-corrected chi connectivity index (χ1v) is 5.86. The van der Waals surface area contributed by atoms with E-state index < -0.39 is 4.92 Å². The van der Waals surface area contributed by atoms with Crippen LogP contribution in [0.4, 0.5) is 11.5 Å². The third-order valence-corrected chi connectivity index (χ3v) is 2.52. The molecule has 0 amide bonds. The molecule has 2 heterocycles. The van der Waals surface area contributed by atoms with E-state index in [0.717, 1.165) is 12.2 Å². The summed E-state index contributed by atoms with van der Waals surface area (Å²) in [7, 11) is 1.31. The highest BCUT2D eigenvalue weighted by Crippen LogP contribution is 2.30. The van der Waals surface area contributed by atoms with E-state index in [1.54, 1.807) is 6.20 Å². The van der Waals surface area contributed by atoms with Crippen molar-refractivity contribution in [2.45, 2.75) is 19.9 Å². The predicted molar refractivity (Wildman–Crippen MR) is 68.4 cm³/mol. The maximum absolute atomic E-state index is 11.0. The molecule has 106 valence electrons. The zero-order chi connectivity index (χ0) is 14.5. The van der Waals surface area contributed by atoms with Gasteiger partial charge >= 0.3 is 5.69 Å². The third kappa shape index (κ3) is 2.82. The molecule has 0 fully saturated rings. The second-order valence-corrected chi connectivity index (χ2v) is 3.76. The molecule has 0 spiro atoms. The molecule has 20 heavy (non-hydrogen) atoms. The van der Waals surface area contributed by atoms with Gasteiger partial charge in [0.05, 0.1) is 24.8 Å². The molecule has 9 nitrogen and oxygen atoms in total. The Morgan fingerprint density at radius 2 is 2.25 bits per heavy atom. The molecule has 0 aromatic carbocycles. The Bertz CT molecular complexity index is 613. The van der Waals surface area contributed by atoms with Crippen LogP contribution >= 0.6 is 0 Å². The Balaban J connectivity index is 2.18. The number of anilines is 1. The van der Waals surface area contributed by atoms with Gasteiger partial charge in [0.25, 0.3) is 5.88 Å². The normalized spacial score (nSPS) is 10.3. The smallest absolute Gasteiger partial charge is 0.372 e. The van der Waals surface area contributed by atoms with Gasteiger partial charge in [0, 0.05) is 6.42 Å². The summed E-state index contributed by atoms with van der Waals surface area (Å²) in [5, 5.41) is 13.8. The molecule has 2 aromatic heterocycles. The van der Waals surface area contributed by atoms with Crippen molar-refractivity contribution in [3.05, 3.63) is 34.3 Å². The largest absolute Gasteiger partial charge is 0.476 e. The Hall–Kier alpha value is -2.71. The number of hydrogen-bond donors (Lipinski definition) is 1. The number of hydrogen-bond acceptors (Lipinski definition) is 8. The van der Waals surface area contributed by atoms with E-state index in [2.05, 4.69) is 20.3 Å². The fraction of sp³-hybridized carbons (Fsp3) is 0.364. The molecular weight excluding hydrogens is 266 g/mol. The van der Waals surface area contributed by atoms with Gasteiger partial charge in [-0.2, -0.15) is 4.98 Å². The maximum atomic E-state index is 11.0. The molecule has 2 rings (SSSR count). The van der Waals surface area contributed by atoms with E-state index in [1.165, 1.54) is 13.4 Å². The van der Waals surface area contributed by atoms with Crippen LogP contribution in [0.2, 0.25) is 0 Å². The molecule has 0 saturated carbocycles. The second kappa shape index (κ2) is 5.95. The minimum Gasteiger partial charge on any atom is -0.476 e. The van der Waals surface area contributed by atoms with Crippen LogP contribution in [0.5, 0.6) is 5.88 Å². The predicted octanol–water partition coefficient (Wildman–Crippen LogP) is 1.56. The number of aryl methyl sites for hydroxylation is 1. The van der Waals surface area contributed by atoms with Crippen molar-refractivity contribution in [3.8, 4) is 5.88 Å². The molecule has 0 aliphatic heterocycles. The molecule has 0 bridgehead atoms. The summed E-state index contributed by atoms with van der Waals surface area (Å²) in [5.41, 5.74) is -0.322. The summed E-state index contributed by atoms with van der Waals surface area (Å²) in [5.74, 6) is 1.12. The molecular formula is C11H13N5O4. The van der Waals surface area contributed by atoms with Gasteiger partial charge in [-0.3, -0.25) is 10.1 Å². The quantitative estimate of drug-likeness (QED) is 0.625. The van der Waals surface area contributed by atoms with Gasteiger partial charge in [-0.15, -0.1) is 0 Å². The van der Waals surface area contributed by atoms with Crippen LogP contribution in [-0.2, 0) is 13.0 Å². The molecule has 0 aliphatic carbocycles. The number of ether oxygens (including phenoxy) is 1. The SMILES string of the molecule is CCc1cnc(CNc2ncnc(OC)c2[N+](=O)[O-])o1. The van der Waals surface area contributed by atoms with E-state index in [0.29, 0.717) is 5.89 Å². The van der Waals surface area contributed by atoms with Crippen molar-refractivity contribution in [3.63, 3.8) is 0 Å². The number of nitrogens with zero attached hydrogens (tertiary/aromatic N) is 4. The number of aromatic nitrogens is 3. The van der Waals surface area contributed by atoms with E-state index in [1.807, 2.05) is 6.92 Å². The van der Waals surface area contributed by atoms with Crippen molar-refractivity contribution in [1.29, 1.82) is 0 Å². The van der Waals surface area contributed by atoms with Crippen molar-refractivity contribution in [1.82, 2.24) is 15.0 Å². The average molecular weight is 279 g/mol. The first-order chi connectivity index (χ1) is 9.65. The van der Waals surface area contributed by atoms with E-state index in [9.17, 15) is 10.1 Å². The Morgan fingerprint density at radius 3 is 2.85 bits per heavy atom. The molecule has 0 aliphatic rings. The van der Waals surface area contributed by atoms with Crippen molar-refractivity contribution >= 4 is 11.5 Å². The summed E-state index contributed by atoms with van der Waals surface area (Å²) < 4.78 is 10.2. The van der Waals surface area contributed by atoms with Crippen LogP contribution in [0.1, 0.15) is 18.6 Å². The number of nitro groups is 1. The molecule has 2 aromatic rings. The zero-order valence-electron chi connectivity index (χ0n) is 11.0. The first kappa shape index (κ1) is 13.7. The lowest BCUT2D eigenvalue weighted by atomic mass is 10.4. The van der Waals surface area contributed by atoms with Gasteiger partial charge in [0.2, 0.25) is 11.7 Å². The van der Waals surface area contributed by atoms with Gasteiger partial charge in [-0.05, 0) is 0 Å². The summed E-state index contributed by atoms with van der Waals surface area (Å²) in [4.78, 5) is 22.0. The van der Waals surface area contributed by atoms with Crippen molar-refractivity contribution < 1.29 is 14.1 Å². The summed E-state index contributed by atoms with van der Waals surface area (Å²) >= 11 is 0. The summed E-state index contributed by atoms with van der Waals surface area (Å²) in [6.07, 6.45) is 3.53. The van der Waals surface area contributed by atoms with E-state index >= 15 is 0 Å². The highest BCUT2D eigenvalue weighted by Gasteiger charge is 2.23. The lowest BCUT2D eigenvalue weighted by Crippen LogP contribution is -2.07. The summed E-state index contributed by atoms with van der Waals surface area (Å²) in [6, 6.07) is 0. The zero-order valence-corrected chi connectivity index (χ0v) is 11.0. The average Bonchev–Trinajstić information content (AvgIpc) is 2.92. The second-order valence-electron chi connectivity index (χ2n) is 3.76. The van der Waals surface area contributed by atoms with Crippen LogP contribution in [0, 0.1) is 10.1 Å². The fourth-order valence-electron chi connectivity index (χ4n) is 1.56. The minimum atomic E-state index is -0.603. The lowest BCUT2D eigenvalue weighted by molar-refractivity contribution is -0.385. The third-order valence-electron chi connectivity index (χ3n) is 2.52. The number of oxazole rings is 1. The molecule has 0 atom stereocenters. The Morgan fingerprint density at radius 1 is 1.45 bits per heavy atom. The minimum absolute atomic E-state index is 0.0538. The fourth-order valence-corrected chi connectivity index (χ4v) is 1.56. The monoisotopic (exact) mass is 279 g/mol. The molecule has 0 saturated heterocycles. The number of rotatable bonds is 6. The molecule has 9 heteroatoms. The van der Waals surface area contributed by atoms with Crippen molar-refractivity contribution in [2.24, 2.45) is 0 Å². The van der Waals surface area contributed by atoms with Crippen LogP contribution in [-0.4, -0.2) is 27.0 Å². The molecule has 1 N–H and O–H groups in total. The maximum Gasteiger partial charge on any atom is 0.372 e. The van der Waals surface area contributed by atoms with Crippen LogP contribution in [0.3, 0.4) is 0 Å². The highest BCUT2D eigenvalue weighted by atomic mass is 16.6. The molecule has 0 unspecified atom stereocenters. The lowest BCUT2D eigenvalue weighted by Gasteiger charge is -2.05. The van der Waals surface area contributed by atoms with Gasteiger partial charge in [-0.1, -0.05) is 6.92 Å². The van der Waals surface area contributed by atoms with Gasteiger partial charge < -0.3 is 14.5 Å². The molecule has 0 radical (unpaired) electrons. The first-order valence-electron chi connectivity index (χ1n) is 5.86. The summed E-state index contributed by atoms with van der Waals surface area (Å²) in [6.45, 7) is 2.12. The van der Waals surface area contributed by atoms with Crippen LogP contribution in [0.15, 0.2) is 16.9 Å². The van der Waals surface area contributed by atoms with Gasteiger partial charge in [0.15, 0.2) is 0 Å². The van der Waals surface area contributed by atoms with E-state index in [-0.39, 0.29) is 23.9 Å². The van der Waals surface area contributed by atoms with Crippen molar-refractivity contribution in [2.75, 3.05) is 12.4 Å². The Labute approximate surface area is 114 Å². The topological polar surface area (TPSA) is 116 Å². The van der Waals surface area contributed by atoms with Gasteiger partial charge in [-0.25, -0.2) is 9.97 Å². The standard InChI is InChI=1S/C11H13N5O4/c1-3-7-4-12-8(20-7)5-13-10-9(16(17)18)11(19-2)15-6-14-10/h4,6H,3,5H2,1-2H3,(H,13,14,15). The number of nitrogens with one attached hydrogen (secondary N) is 1. The van der Waals surface area contributed by atoms with Crippen LogP contribution in [0.25, 0.3) is 0 Å². The highest BCUT2D eigenvalue weighted by molar-refractivity contribution is 5.60. The number of methoxy groups -OCH3 is 1.